The lowest BCUT2D eigenvalue weighted by Crippen LogP contribution is -2.21. The highest BCUT2D eigenvalue weighted by atomic mass is 32.2. The van der Waals surface area contributed by atoms with E-state index >= 15 is 0 Å². The summed E-state index contributed by atoms with van der Waals surface area (Å²) in [6.07, 6.45) is 4.11. The fraction of sp³-hybridized carbons (Fsp3) is 0.444. The van der Waals surface area contributed by atoms with Gasteiger partial charge in [0, 0.05) is 22.1 Å². The minimum atomic E-state index is -0.463. The van der Waals surface area contributed by atoms with Crippen molar-refractivity contribution in [1.82, 2.24) is 0 Å². The molecular formula is C18H22O4S2. The third kappa shape index (κ3) is 3.81. The first-order valence-electron chi connectivity index (χ1n) is 7.73. The molecule has 0 N–H and O–H groups in total. The van der Waals surface area contributed by atoms with Crippen molar-refractivity contribution >= 4 is 35.3 Å². The first-order valence-corrected chi connectivity index (χ1v) is 10.2. The van der Waals surface area contributed by atoms with Crippen LogP contribution in [0.2, 0.25) is 0 Å². The number of rotatable bonds is 6. The molecule has 1 aliphatic carbocycles. The van der Waals surface area contributed by atoms with Crippen LogP contribution in [0.3, 0.4) is 0 Å². The second kappa shape index (κ2) is 8.62. The topological polar surface area (TPSA) is 52.6 Å². The molecule has 6 heteroatoms. The van der Waals surface area contributed by atoms with E-state index in [4.69, 9.17) is 9.47 Å². The number of carbonyl (C=O) groups is 2. The van der Waals surface area contributed by atoms with Gasteiger partial charge in [-0.05, 0) is 37.1 Å². The first-order chi connectivity index (χ1) is 11.6. The molecule has 130 valence electrons. The van der Waals surface area contributed by atoms with Gasteiger partial charge in [0.15, 0.2) is 5.78 Å². The van der Waals surface area contributed by atoms with Gasteiger partial charge >= 0.3 is 5.97 Å². The molecule has 1 aromatic carbocycles. The standard InChI is InChI=1S/C18H22O4S2/c1-5-22-17(20)13-10-14(19)16(18(23-3)24-4)15(13)11-6-8-12(21-2)9-7-11/h6-9,13,15H,5,10H2,1-4H3. The Balaban J connectivity index is 2.52. The molecule has 4 nitrogen and oxygen atoms in total. The van der Waals surface area contributed by atoms with Gasteiger partial charge in [-0.1, -0.05) is 12.1 Å². The molecule has 1 saturated carbocycles. The van der Waals surface area contributed by atoms with E-state index in [1.165, 1.54) is 0 Å². The summed E-state index contributed by atoms with van der Waals surface area (Å²) in [5, 5.41) is 0. The fourth-order valence-corrected chi connectivity index (χ4v) is 4.61. The van der Waals surface area contributed by atoms with Gasteiger partial charge in [0.05, 0.1) is 19.6 Å². The summed E-state index contributed by atoms with van der Waals surface area (Å²) >= 11 is 3.10. The highest BCUT2D eigenvalue weighted by molar-refractivity contribution is 8.21. The maximum absolute atomic E-state index is 12.6. The van der Waals surface area contributed by atoms with Crippen LogP contribution in [0.15, 0.2) is 34.1 Å². The van der Waals surface area contributed by atoms with Crippen molar-refractivity contribution in [2.45, 2.75) is 19.3 Å². The third-order valence-corrected chi connectivity index (χ3v) is 6.26. The van der Waals surface area contributed by atoms with Crippen LogP contribution in [0.4, 0.5) is 0 Å². The minimum absolute atomic E-state index is 0.0348. The van der Waals surface area contributed by atoms with Crippen LogP contribution >= 0.6 is 23.5 Å². The summed E-state index contributed by atoms with van der Waals surface area (Å²) in [4.78, 5) is 25.0. The number of hydrogen-bond donors (Lipinski definition) is 0. The van der Waals surface area contributed by atoms with Gasteiger partial charge in [0.25, 0.3) is 0 Å². The molecule has 0 aliphatic heterocycles. The van der Waals surface area contributed by atoms with Crippen molar-refractivity contribution in [2.24, 2.45) is 5.92 Å². The Kier molecular flexibility index (Phi) is 6.80. The summed E-state index contributed by atoms with van der Waals surface area (Å²) in [6, 6.07) is 7.56. The number of benzene rings is 1. The Morgan fingerprint density at radius 2 is 1.83 bits per heavy atom. The molecule has 0 saturated heterocycles. The fourth-order valence-electron chi connectivity index (χ4n) is 3.03. The second-order valence-corrected chi connectivity index (χ2v) is 7.24. The van der Waals surface area contributed by atoms with Crippen LogP contribution in [0.25, 0.3) is 0 Å². The van der Waals surface area contributed by atoms with Crippen molar-refractivity contribution in [3.8, 4) is 5.75 Å². The first kappa shape index (κ1) is 18.9. The van der Waals surface area contributed by atoms with E-state index < -0.39 is 5.92 Å². The quantitative estimate of drug-likeness (QED) is 0.563. The molecule has 0 radical (unpaired) electrons. The SMILES string of the molecule is CCOC(=O)C1CC(=O)C(=C(SC)SC)C1c1ccc(OC)cc1. The predicted octanol–water partition coefficient (Wildman–Crippen LogP) is 3.87. The van der Waals surface area contributed by atoms with E-state index in [1.54, 1.807) is 37.6 Å². The monoisotopic (exact) mass is 366 g/mol. The Morgan fingerprint density at radius 3 is 2.33 bits per heavy atom. The normalized spacial score (nSPS) is 20.2. The van der Waals surface area contributed by atoms with Gasteiger partial charge < -0.3 is 9.47 Å². The number of ketones is 1. The van der Waals surface area contributed by atoms with E-state index in [0.29, 0.717) is 6.61 Å². The summed E-state index contributed by atoms with van der Waals surface area (Å²) in [5.74, 6) is -0.250. The van der Waals surface area contributed by atoms with Crippen LogP contribution in [-0.2, 0) is 14.3 Å². The predicted molar refractivity (Wildman–Crippen MR) is 99.5 cm³/mol. The zero-order chi connectivity index (χ0) is 17.7. The Labute approximate surface area is 151 Å². The van der Waals surface area contributed by atoms with Crippen molar-refractivity contribution in [1.29, 1.82) is 0 Å². The minimum Gasteiger partial charge on any atom is -0.497 e. The maximum atomic E-state index is 12.6. The Bertz CT molecular complexity index is 631. The second-order valence-electron chi connectivity index (χ2n) is 5.35. The van der Waals surface area contributed by atoms with Crippen LogP contribution < -0.4 is 4.74 Å². The molecule has 1 fully saturated rings. The van der Waals surface area contributed by atoms with Crippen LogP contribution in [0, 0.1) is 5.92 Å². The number of ether oxygens (including phenoxy) is 2. The highest BCUT2D eigenvalue weighted by Gasteiger charge is 2.45. The van der Waals surface area contributed by atoms with Crippen LogP contribution in [0.5, 0.6) is 5.75 Å². The van der Waals surface area contributed by atoms with Gasteiger partial charge in [-0.25, -0.2) is 0 Å². The smallest absolute Gasteiger partial charge is 0.310 e. The van der Waals surface area contributed by atoms with E-state index in [-0.39, 0.29) is 24.1 Å². The van der Waals surface area contributed by atoms with E-state index in [9.17, 15) is 9.59 Å². The van der Waals surface area contributed by atoms with E-state index in [2.05, 4.69) is 0 Å². The summed E-state index contributed by atoms with van der Waals surface area (Å²) in [6.45, 7) is 2.10. The lowest BCUT2D eigenvalue weighted by Gasteiger charge is -2.20. The molecule has 24 heavy (non-hydrogen) atoms. The Morgan fingerprint density at radius 1 is 1.21 bits per heavy atom. The highest BCUT2D eigenvalue weighted by Crippen LogP contribution is 2.47. The van der Waals surface area contributed by atoms with Gasteiger partial charge in [-0.15, -0.1) is 23.5 Å². The number of carbonyl (C=O) groups excluding carboxylic acids is 2. The average Bonchev–Trinajstić information content (AvgIpc) is 2.94. The van der Waals surface area contributed by atoms with E-state index in [0.717, 1.165) is 21.1 Å². The average molecular weight is 367 g/mol. The molecule has 1 aliphatic rings. The van der Waals surface area contributed by atoms with Crippen molar-refractivity contribution < 1.29 is 19.1 Å². The molecule has 0 bridgehead atoms. The molecule has 0 amide bonds. The maximum Gasteiger partial charge on any atom is 0.310 e. The molecule has 0 aromatic heterocycles. The summed E-state index contributed by atoms with van der Waals surface area (Å²) < 4.78 is 11.4. The van der Waals surface area contributed by atoms with Gasteiger partial charge in [0.1, 0.15) is 5.75 Å². The zero-order valence-corrected chi connectivity index (χ0v) is 16.0. The number of hydrogen-bond acceptors (Lipinski definition) is 6. The lowest BCUT2D eigenvalue weighted by atomic mass is 9.87. The number of Topliss-reactive ketones (excluding diaryl/α,β-unsaturated/α-hetero) is 1. The molecule has 0 spiro atoms. The molecule has 2 unspecified atom stereocenters. The molecule has 2 rings (SSSR count). The van der Waals surface area contributed by atoms with Crippen molar-refractivity contribution in [2.75, 3.05) is 26.2 Å². The number of thioether (sulfide) groups is 2. The van der Waals surface area contributed by atoms with Gasteiger partial charge in [-0.3, -0.25) is 9.59 Å². The molecule has 2 atom stereocenters. The van der Waals surface area contributed by atoms with Gasteiger partial charge in [-0.2, -0.15) is 0 Å². The lowest BCUT2D eigenvalue weighted by molar-refractivity contribution is -0.148. The number of allylic oxidation sites excluding steroid dienone is 1. The van der Waals surface area contributed by atoms with Gasteiger partial charge in [0.2, 0.25) is 0 Å². The number of esters is 1. The van der Waals surface area contributed by atoms with E-state index in [1.807, 2.05) is 36.8 Å². The Hall–Kier alpha value is -1.40. The molecular weight excluding hydrogens is 344 g/mol. The number of methoxy groups -OCH3 is 1. The zero-order valence-electron chi connectivity index (χ0n) is 14.3. The largest absolute Gasteiger partial charge is 0.497 e. The van der Waals surface area contributed by atoms with Crippen molar-refractivity contribution in [3.63, 3.8) is 0 Å². The van der Waals surface area contributed by atoms with Crippen molar-refractivity contribution in [3.05, 3.63) is 39.6 Å². The molecule has 0 heterocycles. The third-order valence-electron chi connectivity index (χ3n) is 4.07. The summed E-state index contributed by atoms with van der Waals surface area (Å²) in [7, 11) is 1.61. The molecule has 1 aromatic rings. The van der Waals surface area contributed by atoms with Crippen LogP contribution in [0.1, 0.15) is 24.8 Å². The summed E-state index contributed by atoms with van der Waals surface area (Å²) in [5.41, 5.74) is 1.67. The van der Waals surface area contributed by atoms with Crippen LogP contribution in [-0.4, -0.2) is 38.0 Å².